The van der Waals surface area contributed by atoms with Crippen LogP contribution in [0.1, 0.15) is 27.3 Å². The molecule has 0 saturated carbocycles. The number of hydrogen-bond acceptors (Lipinski definition) is 8. The van der Waals surface area contributed by atoms with E-state index < -0.39 is 28.9 Å². The molecule has 11 heteroatoms. The Balaban J connectivity index is 1.71. The largest absolute Gasteiger partial charge is 0.495 e. The number of Topliss-reactive ketones (excluding diaryl/α,β-unsaturated/α-hetero) is 1. The van der Waals surface area contributed by atoms with Crippen molar-refractivity contribution >= 4 is 45.7 Å². The summed E-state index contributed by atoms with van der Waals surface area (Å²) < 4.78 is 5.27. The molecule has 0 aliphatic heterocycles. The number of rotatable bonds is 8. The van der Waals surface area contributed by atoms with Crippen molar-refractivity contribution in [2.45, 2.75) is 20.3 Å². The molecule has 0 fully saturated rings. The van der Waals surface area contributed by atoms with Gasteiger partial charge < -0.3 is 15.4 Å². The van der Waals surface area contributed by atoms with Gasteiger partial charge in [-0.2, -0.15) is 0 Å². The molecular formula is C27H23N5O6. The highest BCUT2D eigenvalue weighted by Gasteiger charge is 2.24. The summed E-state index contributed by atoms with van der Waals surface area (Å²) in [5.74, 6) is -2.05. The maximum absolute atomic E-state index is 13.3. The molecule has 2 amide bonds. The summed E-state index contributed by atoms with van der Waals surface area (Å²) in [5, 5.41) is 16.5. The molecule has 38 heavy (non-hydrogen) atoms. The summed E-state index contributed by atoms with van der Waals surface area (Å²) in [6.07, 6.45) is -0.558. The molecule has 0 unspecified atom stereocenters. The Morgan fingerprint density at radius 1 is 0.921 bits per heavy atom. The number of nitro groups is 1. The highest BCUT2D eigenvalue weighted by atomic mass is 16.6. The Kier molecular flexibility index (Phi) is 7.38. The number of nitrogens with one attached hydrogen (secondary N) is 2. The fourth-order valence-corrected chi connectivity index (χ4v) is 3.85. The van der Waals surface area contributed by atoms with Crippen LogP contribution in [-0.4, -0.2) is 39.6 Å². The fraction of sp³-hybridized carbons (Fsp3) is 0.148. The van der Waals surface area contributed by atoms with Crippen LogP contribution in [0.15, 0.2) is 60.7 Å². The average molecular weight is 514 g/mol. The minimum atomic E-state index is -0.889. The van der Waals surface area contributed by atoms with Crippen molar-refractivity contribution in [1.29, 1.82) is 0 Å². The summed E-state index contributed by atoms with van der Waals surface area (Å²) in [6.45, 7) is 3.60. The number of ketones is 1. The molecular weight excluding hydrogens is 490 g/mol. The van der Waals surface area contributed by atoms with Crippen molar-refractivity contribution in [1.82, 2.24) is 9.97 Å². The van der Waals surface area contributed by atoms with E-state index in [1.54, 1.807) is 50.2 Å². The zero-order valence-corrected chi connectivity index (χ0v) is 20.8. The number of nitrogens with zero attached hydrogens (tertiary/aromatic N) is 3. The minimum absolute atomic E-state index is 0.103. The smallest absolute Gasteiger partial charge is 0.292 e. The third-order valence-corrected chi connectivity index (χ3v) is 5.80. The van der Waals surface area contributed by atoms with Gasteiger partial charge >= 0.3 is 0 Å². The minimum Gasteiger partial charge on any atom is -0.495 e. The first-order valence-electron chi connectivity index (χ1n) is 11.5. The Bertz CT molecular complexity index is 1580. The van der Waals surface area contributed by atoms with Crippen LogP contribution in [0.3, 0.4) is 0 Å². The van der Waals surface area contributed by atoms with Gasteiger partial charge in [-0.15, -0.1) is 0 Å². The van der Waals surface area contributed by atoms with Crippen LogP contribution in [0.4, 0.5) is 17.1 Å². The van der Waals surface area contributed by atoms with Gasteiger partial charge in [0.25, 0.3) is 17.5 Å². The van der Waals surface area contributed by atoms with E-state index in [1.807, 2.05) is 6.07 Å². The van der Waals surface area contributed by atoms with Crippen molar-refractivity contribution in [3.05, 3.63) is 93.3 Å². The molecule has 0 aliphatic carbocycles. The van der Waals surface area contributed by atoms with Crippen molar-refractivity contribution in [2.24, 2.45) is 0 Å². The molecule has 0 saturated heterocycles. The molecule has 3 aromatic carbocycles. The van der Waals surface area contributed by atoms with E-state index in [-0.39, 0.29) is 28.1 Å². The number of aromatic nitrogens is 2. The van der Waals surface area contributed by atoms with Crippen LogP contribution in [0.2, 0.25) is 0 Å². The molecule has 0 atom stereocenters. The van der Waals surface area contributed by atoms with Gasteiger partial charge in [0.15, 0.2) is 5.69 Å². The number of methoxy groups -OCH3 is 1. The number of para-hydroxylation sites is 3. The second-order valence-electron chi connectivity index (χ2n) is 8.42. The highest BCUT2D eigenvalue weighted by Crippen LogP contribution is 2.25. The zero-order chi connectivity index (χ0) is 27.4. The molecule has 4 rings (SSSR count). The number of ether oxygens (including phenoxy) is 1. The van der Waals surface area contributed by atoms with Gasteiger partial charge in [0, 0.05) is 17.8 Å². The lowest BCUT2D eigenvalue weighted by Crippen LogP contribution is -2.27. The van der Waals surface area contributed by atoms with Crippen LogP contribution in [0.25, 0.3) is 11.0 Å². The molecule has 192 valence electrons. The van der Waals surface area contributed by atoms with Crippen molar-refractivity contribution in [2.75, 3.05) is 17.7 Å². The molecule has 0 radical (unpaired) electrons. The van der Waals surface area contributed by atoms with Crippen molar-refractivity contribution in [3.8, 4) is 5.75 Å². The van der Waals surface area contributed by atoms with E-state index in [4.69, 9.17) is 4.74 Å². The maximum Gasteiger partial charge on any atom is 0.292 e. The topological polar surface area (TPSA) is 153 Å². The van der Waals surface area contributed by atoms with Gasteiger partial charge in [0.2, 0.25) is 5.78 Å². The number of aryl methyl sites for hydroxylation is 2. The number of carbonyl (C=O) groups is 3. The van der Waals surface area contributed by atoms with Gasteiger partial charge in [-0.3, -0.25) is 24.5 Å². The lowest BCUT2D eigenvalue weighted by molar-refractivity contribution is -0.384. The summed E-state index contributed by atoms with van der Waals surface area (Å²) in [7, 11) is 1.45. The maximum atomic E-state index is 13.3. The standard InChI is InChI=1S/C27H23N5O6/c1-15-7-6-8-16(2)24(15)31-26(34)22(33)14-21-25(27(35)30-19-9-4-5-10-23(19)38-3)29-18-12-11-17(32(36)37)13-20(18)28-21/h4-13H,14H2,1-3H3,(H,30,35)(H,31,34). The SMILES string of the molecule is COc1ccccc1NC(=O)c1nc2ccc([N+](=O)[O-])cc2nc1CC(=O)C(=O)Nc1c(C)cccc1C. The van der Waals surface area contributed by atoms with E-state index >= 15 is 0 Å². The zero-order valence-electron chi connectivity index (χ0n) is 20.8. The highest BCUT2D eigenvalue weighted by molar-refractivity contribution is 6.41. The number of hydrogen-bond donors (Lipinski definition) is 2. The Labute approximate surface area is 217 Å². The van der Waals surface area contributed by atoms with Gasteiger partial charge in [-0.1, -0.05) is 30.3 Å². The predicted molar refractivity (Wildman–Crippen MR) is 140 cm³/mol. The summed E-state index contributed by atoms with van der Waals surface area (Å²) >= 11 is 0. The number of non-ortho nitro benzene ring substituents is 1. The molecule has 1 heterocycles. The number of benzene rings is 3. The van der Waals surface area contributed by atoms with Gasteiger partial charge in [0.1, 0.15) is 5.75 Å². The second-order valence-corrected chi connectivity index (χ2v) is 8.42. The Morgan fingerprint density at radius 3 is 2.32 bits per heavy atom. The molecule has 0 bridgehead atoms. The number of fused-ring (bicyclic) bond motifs is 1. The van der Waals surface area contributed by atoms with E-state index in [9.17, 15) is 24.5 Å². The first-order valence-corrected chi connectivity index (χ1v) is 11.5. The lowest BCUT2D eigenvalue weighted by Gasteiger charge is -2.13. The van der Waals surface area contributed by atoms with E-state index in [2.05, 4.69) is 20.6 Å². The number of nitro benzene ring substituents is 1. The number of amides is 2. The summed E-state index contributed by atoms with van der Waals surface area (Å²) in [6, 6.07) is 15.9. The number of anilines is 2. The monoisotopic (exact) mass is 513 g/mol. The molecule has 4 aromatic rings. The average Bonchev–Trinajstić information content (AvgIpc) is 2.90. The molecule has 2 N–H and O–H groups in total. The summed E-state index contributed by atoms with van der Waals surface area (Å²) in [4.78, 5) is 58.3. The second kappa shape index (κ2) is 10.8. The number of carbonyl (C=O) groups excluding carboxylic acids is 3. The molecule has 1 aromatic heterocycles. The normalized spacial score (nSPS) is 10.6. The first kappa shape index (κ1) is 25.9. The van der Waals surface area contributed by atoms with Gasteiger partial charge in [-0.05, 0) is 43.2 Å². The lowest BCUT2D eigenvalue weighted by atomic mass is 10.1. The van der Waals surface area contributed by atoms with E-state index in [1.165, 1.54) is 25.3 Å². The quantitative estimate of drug-likeness (QED) is 0.202. The third kappa shape index (κ3) is 5.46. The van der Waals surface area contributed by atoms with Crippen molar-refractivity contribution < 1.29 is 24.0 Å². The van der Waals surface area contributed by atoms with Crippen LogP contribution in [0, 0.1) is 24.0 Å². The fourth-order valence-electron chi connectivity index (χ4n) is 3.85. The van der Waals surface area contributed by atoms with Gasteiger partial charge in [-0.25, -0.2) is 9.97 Å². The van der Waals surface area contributed by atoms with Gasteiger partial charge in [0.05, 0.1) is 40.9 Å². The molecule has 0 aliphatic rings. The van der Waals surface area contributed by atoms with Crippen molar-refractivity contribution in [3.63, 3.8) is 0 Å². The third-order valence-electron chi connectivity index (χ3n) is 5.80. The van der Waals surface area contributed by atoms with Crippen LogP contribution >= 0.6 is 0 Å². The van der Waals surface area contributed by atoms with E-state index in [0.717, 1.165) is 11.1 Å². The summed E-state index contributed by atoms with van der Waals surface area (Å²) in [5.41, 5.74) is 2.20. The Morgan fingerprint density at radius 2 is 1.63 bits per heavy atom. The Hall–Kier alpha value is -5.19. The van der Waals surface area contributed by atoms with Crippen LogP contribution < -0.4 is 15.4 Å². The van der Waals surface area contributed by atoms with E-state index in [0.29, 0.717) is 17.1 Å². The molecule has 11 nitrogen and oxygen atoms in total. The first-order chi connectivity index (χ1) is 18.2. The molecule has 0 spiro atoms. The van der Waals surface area contributed by atoms with Crippen LogP contribution in [-0.2, 0) is 16.0 Å². The predicted octanol–water partition coefficient (Wildman–Crippen LogP) is 4.17. The van der Waals surface area contributed by atoms with Crippen LogP contribution in [0.5, 0.6) is 5.75 Å².